The molecule has 0 amide bonds. The van der Waals surface area contributed by atoms with E-state index in [2.05, 4.69) is 36.4 Å². The van der Waals surface area contributed by atoms with Crippen molar-refractivity contribution in [3.63, 3.8) is 0 Å². The van der Waals surface area contributed by atoms with Gasteiger partial charge in [-0.15, -0.1) is 0 Å². The number of ether oxygens (including phenoxy) is 2. The molecule has 2 aromatic carbocycles. The third-order valence-electron chi connectivity index (χ3n) is 3.38. The number of rotatable bonds is 5. The van der Waals surface area contributed by atoms with Crippen molar-refractivity contribution in [3.05, 3.63) is 54.1 Å². The molecule has 1 heterocycles. The predicted octanol–water partition coefficient (Wildman–Crippen LogP) is 4.89. The van der Waals surface area contributed by atoms with Gasteiger partial charge in [0.1, 0.15) is 5.75 Å². The largest absolute Gasteiger partial charge is 0.497 e. The summed E-state index contributed by atoms with van der Waals surface area (Å²) in [5.41, 5.74) is 1.17. The Hall–Kier alpha value is 0.200. The van der Waals surface area contributed by atoms with Gasteiger partial charge in [0, 0.05) is 17.7 Å². The summed E-state index contributed by atoms with van der Waals surface area (Å²) < 4.78 is 7.06. The Kier molecular flexibility index (Phi) is 5.64. The number of methoxy groups -OCH3 is 2. The lowest BCUT2D eigenvalue weighted by molar-refractivity contribution is 0.185. The molecule has 0 atom stereocenters. The fourth-order valence-electron chi connectivity index (χ4n) is 2.18. The van der Waals surface area contributed by atoms with E-state index < -0.39 is 8.88 Å². The van der Waals surface area contributed by atoms with E-state index in [1.807, 2.05) is 34.1 Å². The smallest absolute Gasteiger partial charge is 0.118 e. The maximum absolute atomic E-state index is 5.95. The van der Waals surface area contributed by atoms with Gasteiger partial charge in [0.25, 0.3) is 0 Å². The van der Waals surface area contributed by atoms with Gasteiger partial charge in [-0.3, -0.25) is 0 Å². The van der Waals surface area contributed by atoms with Crippen molar-refractivity contribution in [1.82, 2.24) is 0 Å². The van der Waals surface area contributed by atoms with E-state index in [-0.39, 0.29) is 0 Å². The monoisotopic (exact) mass is 418 g/mol. The number of benzene rings is 2. The lowest BCUT2D eigenvalue weighted by Crippen LogP contribution is -2.09. The zero-order valence-corrected chi connectivity index (χ0v) is 17.7. The zero-order chi connectivity index (χ0) is 16.5. The van der Waals surface area contributed by atoms with Gasteiger partial charge in [-0.1, -0.05) is 69.9 Å². The van der Waals surface area contributed by atoms with Crippen LogP contribution < -0.4 is 15.3 Å². The maximum Gasteiger partial charge on any atom is 0.118 e. The van der Waals surface area contributed by atoms with E-state index in [0.717, 1.165) is 5.75 Å². The van der Waals surface area contributed by atoms with Gasteiger partial charge in [-0.25, -0.2) is 0 Å². The molecule has 122 valence electrons. The SMILES string of the molecule is COCc1ccc(P2(=S)SP(=S)(c3ccc(OC)cc3)S2)cc1. The van der Waals surface area contributed by atoms with Crippen LogP contribution in [0.3, 0.4) is 0 Å². The minimum Gasteiger partial charge on any atom is -0.497 e. The Morgan fingerprint density at radius 2 is 1.30 bits per heavy atom. The average molecular weight is 419 g/mol. The topological polar surface area (TPSA) is 18.5 Å². The fourth-order valence-corrected chi connectivity index (χ4v) is 44.5. The Labute approximate surface area is 154 Å². The molecule has 2 nitrogen and oxygen atoms in total. The fraction of sp³-hybridized carbons (Fsp3) is 0.200. The lowest BCUT2D eigenvalue weighted by atomic mass is 10.2. The first-order chi connectivity index (χ1) is 11.0. The van der Waals surface area contributed by atoms with Crippen molar-refractivity contribution < 1.29 is 9.47 Å². The molecule has 1 saturated heterocycles. The van der Waals surface area contributed by atoms with Crippen LogP contribution in [0.25, 0.3) is 0 Å². The van der Waals surface area contributed by atoms with Crippen LogP contribution in [0.5, 0.6) is 5.75 Å². The highest BCUT2D eigenvalue weighted by atomic mass is 33.7. The Morgan fingerprint density at radius 3 is 1.74 bits per heavy atom. The molecule has 0 saturated carbocycles. The van der Waals surface area contributed by atoms with Crippen molar-refractivity contribution in [1.29, 1.82) is 0 Å². The molecule has 0 spiro atoms. The zero-order valence-electron chi connectivity index (χ0n) is 12.7. The first-order valence-electron chi connectivity index (χ1n) is 6.85. The van der Waals surface area contributed by atoms with Crippen LogP contribution >= 0.6 is 30.9 Å². The predicted molar refractivity (Wildman–Crippen MR) is 113 cm³/mol. The molecule has 1 fully saturated rings. The maximum atomic E-state index is 5.95. The van der Waals surface area contributed by atoms with Crippen molar-refractivity contribution in [3.8, 4) is 5.75 Å². The van der Waals surface area contributed by atoms with E-state index in [1.54, 1.807) is 14.2 Å². The highest BCUT2D eigenvalue weighted by Crippen LogP contribution is 3.04. The average Bonchev–Trinajstić information content (AvgIpc) is 2.54. The molecule has 0 radical (unpaired) electrons. The van der Waals surface area contributed by atoms with Gasteiger partial charge < -0.3 is 9.47 Å². The van der Waals surface area contributed by atoms with E-state index in [9.17, 15) is 0 Å². The molecule has 0 bridgehead atoms. The summed E-state index contributed by atoms with van der Waals surface area (Å²) in [5, 5.41) is 2.47. The quantitative estimate of drug-likeness (QED) is 0.639. The number of hydrogen-bond acceptors (Lipinski definition) is 6. The molecule has 1 aliphatic heterocycles. The van der Waals surface area contributed by atoms with Gasteiger partial charge in [0.15, 0.2) is 0 Å². The van der Waals surface area contributed by atoms with E-state index >= 15 is 0 Å². The summed E-state index contributed by atoms with van der Waals surface area (Å²) in [4.78, 5) is 0. The van der Waals surface area contributed by atoms with Crippen LogP contribution in [0.1, 0.15) is 5.56 Å². The molecule has 23 heavy (non-hydrogen) atoms. The van der Waals surface area contributed by atoms with Crippen LogP contribution in [0.15, 0.2) is 48.5 Å². The molecule has 2 aromatic rings. The standard InChI is InChI=1S/C15H16O2P2S4/c1-16-11-12-3-7-14(8-4-12)18(20)22-19(21,23-18)15-9-5-13(17-2)6-10-15/h3-10H,11H2,1-2H3. The lowest BCUT2D eigenvalue weighted by Gasteiger charge is -2.40. The summed E-state index contributed by atoms with van der Waals surface area (Å²) in [6, 6.07) is 16.6. The van der Waals surface area contributed by atoms with E-state index in [1.165, 1.54) is 16.2 Å². The van der Waals surface area contributed by atoms with Gasteiger partial charge in [0.05, 0.1) is 22.6 Å². The van der Waals surface area contributed by atoms with Gasteiger partial charge in [-0.05, 0) is 29.8 Å². The van der Waals surface area contributed by atoms with Gasteiger partial charge >= 0.3 is 0 Å². The molecule has 0 aliphatic carbocycles. The Bertz CT molecular complexity index is 776. The van der Waals surface area contributed by atoms with Crippen LogP contribution in [0.4, 0.5) is 0 Å². The van der Waals surface area contributed by atoms with Gasteiger partial charge in [0.2, 0.25) is 0 Å². The first-order valence-corrected chi connectivity index (χ1v) is 16.5. The van der Waals surface area contributed by atoms with Crippen LogP contribution in [0, 0.1) is 0 Å². The Morgan fingerprint density at radius 1 is 0.826 bits per heavy atom. The number of hydrogen-bond donors (Lipinski definition) is 0. The summed E-state index contributed by atoms with van der Waals surface area (Å²) in [6.45, 7) is 0.632. The summed E-state index contributed by atoms with van der Waals surface area (Å²) in [7, 11) is 3.38. The first kappa shape index (κ1) is 18.0. The van der Waals surface area contributed by atoms with Crippen LogP contribution in [-0.4, -0.2) is 14.2 Å². The Balaban J connectivity index is 1.77. The molecular weight excluding hydrogens is 402 g/mol. The second-order valence-corrected chi connectivity index (χ2v) is 26.2. The molecule has 0 N–H and O–H groups in total. The normalized spacial score (nSPS) is 26.5. The van der Waals surface area contributed by atoms with Crippen molar-refractivity contribution in [2.45, 2.75) is 6.61 Å². The summed E-state index contributed by atoms with van der Waals surface area (Å²) in [5.74, 6) is 0.860. The van der Waals surface area contributed by atoms with Crippen molar-refractivity contribution in [2.24, 2.45) is 0 Å². The summed E-state index contributed by atoms with van der Waals surface area (Å²) >= 11 is 15.6. The minimum atomic E-state index is -1.66. The highest BCUT2D eigenvalue weighted by molar-refractivity contribution is 9.48. The van der Waals surface area contributed by atoms with Crippen LogP contribution in [-0.2, 0) is 35.0 Å². The third-order valence-corrected chi connectivity index (χ3v) is 34.6. The molecular formula is C15H16O2P2S4. The molecule has 8 heteroatoms. The minimum absolute atomic E-state index is 0.632. The second-order valence-electron chi connectivity index (χ2n) is 4.96. The van der Waals surface area contributed by atoms with E-state index in [0.29, 0.717) is 6.61 Å². The second kappa shape index (κ2) is 7.21. The van der Waals surface area contributed by atoms with Gasteiger partial charge in [-0.2, -0.15) is 0 Å². The molecule has 1 aliphatic rings. The van der Waals surface area contributed by atoms with Crippen LogP contribution in [0.2, 0.25) is 0 Å². The highest BCUT2D eigenvalue weighted by Gasteiger charge is 2.45. The summed E-state index contributed by atoms with van der Waals surface area (Å²) in [6.07, 6.45) is 0. The van der Waals surface area contributed by atoms with E-state index in [4.69, 9.17) is 33.1 Å². The molecule has 3 rings (SSSR count). The molecule has 0 unspecified atom stereocenters. The molecule has 0 aromatic heterocycles. The van der Waals surface area contributed by atoms with Crippen molar-refractivity contribution in [2.75, 3.05) is 14.2 Å². The third kappa shape index (κ3) is 3.74. The van der Waals surface area contributed by atoms with Crippen molar-refractivity contribution >= 4 is 65.1 Å².